The van der Waals surface area contributed by atoms with E-state index in [1.165, 1.54) is 0 Å². The van der Waals surface area contributed by atoms with Crippen LogP contribution in [0.3, 0.4) is 0 Å². The fourth-order valence-corrected chi connectivity index (χ4v) is 2.49. The maximum Gasteiger partial charge on any atom is 0.142 e. The quantitative estimate of drug-likeness (QED) is 0.869. The Kier molecular flexibility index (Phi) is 5.22. The molecule has 1 aliphatic rings. The number of methoxy groups -OCH3 is 1. The largest absolute Gasteiger partial charge is 0.495 e. The molecule has 0 radical (unpaired) electrons. The summed E-state index contributed by atoms with van der Waals surface area (Å²) in [6, 6.07) is 9.85. The molecular weight excluding hydrogens is 252 g/mol. The SMILES string of the molecule is COc1ccccc1N1CCN(CCC(N)C#N)CC1. The Hall–Kier alpha value is -1.77. The van der Waals surface area contributed by atoms with Gasteiger partial charge in [0.05, 0.1) is 24.9 Å². The lowest BCUT2D eigenvalue weighted by Gasteiger charge is -2.36. The Morgan fingerprint density at radius 3 is 2.65 bits per heavy atom. The van der Waals surface area contributed by atoms with Gasteiger partial charge >= 0.3 is 0 Å². The maximum atomic E-state index is 8.70. The lowest BCUT2D eigenvalue weighted by atomic mass is 10.2. The number of nitrogens with zero attached hydrogens (tertiary/aromatic N) is 3. The van der Waals surface area contributed by atoms with Gasteiger partial charge in [-0.15, -0.1) is 0 Å². The van der Waals surface area contributed by atoms with Gasteiger partial charge in [0.25, 0.3) is 0 Å². The van der Waals surface area contributed by atoms with Gasteiger partial charge in [-0.25, -0.2) is 0 Å². The summed E-state index contributed by atoms with van der Waals surface area (Å²) in [4.78, 5) is 4.71. The van der Waals surface area contributed by atoms with Gasteiger partial charge in [0.15, 0.2) is 0 Å². The standard InChI is InChI=1S/C15H22N4O/c1-20-15-5-3-2-4-14(15)19-10-8-18(9-11-19)7-6-13(17)12-16/h2-5,13H,6-11,17H2,1H3. The molecule has 1 saturated heterocycles. The molecule has 1 atom stereocenters. The van der Waals surface area contributed by atoms with E-state index in [2.05, 4.69) is 21.9 Å². The Labute approximate surface area is 120 Å². The van der Waals surface area contributed by atoms with Gasteiger partial charge in [-0.2, -0.15) is 5.26 Å². The number of piperazine rings is 1. The third-order valence-electron chi connectivity index (χ3n) is 3.72. The first-order chi connectivity index (χ1) is 9.74. The molecule has 1 heterocycles. The van der Waals surface area contributed by atoms with Crippen molar-refractivity contribution in [2.24, 2.45) is 5.73 Å². The second kappa shape index (κ2) is 7.13. The van der Waals surface area contributed by atoms with Crippen LogP contribution < -0.4 is 15.4 Å². The average Bonchev–Trinajstić information content (AvgIpc) is 2.53. The molecule has 2 rings (SSSR count). The number of benzene rings is 1. The summed E-state index contributed by atoms with van der Waals surface area (Å²) in [5, 5.41) is 8.70. The van der Waals surface area contributed by atoms with Crippen LogP contribution in [0.15, 0.2) is 24.3 Å². The van der Waals surface area contributed by atoms with Gasteiger partial charge in [-0.3, -0.25) is 4.90 Å². The molecule has 20 heavy (non-hydrogen) atoms. The normalized spacial score (nSPS) is 17.6. The highest BCUT2D eigenvalue weighted by Gasteiger charge is 2.19. The molecule has 0 amide bonds. The molecular formula is C15H22N4O. The van der Waals surface area contributed by atoms with E-state index in [1.807, 2.05) is 18.2 Å². The van der Waals surface area contributed by atoms with Gasteiger partial charge in [0, 0.05) is 32.7 Å². The number of nitrogens with two attached hydrogens (primary N) is 1. The highest BCUT2D eigenvalue weighted by molar-refractivity contribution is 5.58. The van der Waals surface area contributed by atoms with Crippen molar-refractivity contribution in [3.63, 3.8) is 0 Å². The summed E-state index contributed by atoms with van der Waals surface area (Å²) >= 11 is 0. The van der Waals surface area contributed by atoms with E-state index in [-0.39, 0.29) is 6.04 Å². The van der Waals surface area contributed by atoms with E-state index in [9.17, 15) is 0 Å². The van der Waals surface area contributed by atoms with Crippen molar-refractivity contribution < 1.29 is 4.74 Å². The molecule has 0 saturated carbocycles. The highest BCUT2D eigenvalue weighted by atomic mass is 16.5. The van der Waals surface area contributed by atoms with Crippen LogP contribution in [0.2, 0.25) is 0 Å². The molecule has 108 valence electrons. The van der Waals surface area contributed by atoms with Crippen molar-refractivity contribution in [1.29, 1.82) is 5.26 Å². The number of hydrogen-bond acceptors (Lipinski definition) is 5. The first-order valence-corrected chi connectivity index (χ1v) is 7.00. The van der Waals surface area contributed by atoms with Crippen molar-refractivity contribution >= 4 is 5.69 Å². The number of rotatable bonds is 5. The second-order valence-corrected chi connectivity index (χ2v) is 5.02. The summed E-state index contributed by atoms with van der Waals surface area (Å²) in [7, 11) is 1.71. The van der Waals surface area contributed by atoms with Crippen molar-refractivity contribution in [1.82, 2.24) is 4.90 Å². The third-order valence-corrected chi connectivity index (χ3v) is 3.72. The van der Waals surface area contributed by atoms with Crippen molar-refractivity contribution in [3.05, 3.63) is 24.3 Å². The molecule has 2 N–H and O–H groups in total. The summed E-state index contributed by atoms with van der Waals surface area (Å²) in [6.07, 6.45) is 0.741. The van der Waals surface area contributed by atoms with Crippen molar-refractivity contribution in [2.45, 2.75) is 12.5 Å². The number of nitriles is 1. The molecule has 1 aromatic carbocycles. The Bertz CT molecular complexity index is 463. The molecule has 1 aromatic rings. The molecule has 0 bridgehead atoms. The van der Waals surface area contributed by atoms with E-state index in [1.54, 1.807) is 7.11 Å². The Morgan fingerprint density at radius 2 is 2.00 bits per heavy atom. The van der Waals surface area contributed by atoms with Gasteiger partial charge in [-0.1, -0.05) is 12.1 Å². The summed E-state index contributed by atoms with van der Waals surface area (Å²) in [5.41, 5.74) is 6.79. The van der Waals surface area contributed by atoms with Crippen LogP contribution >= 0.6 is 0 Å². The smallest absolute Gasteiger partial charge is 0.142 e. The first-order valence-electron chi connectivity index (χ1n) is 7.00. The highest BCUT2D eigenvalue weighted by Crippen LogP contribution is 2.28. The minimum Gasteiger partial charge on any atom is -0.495 e. The lowest BCUT2D eigenvalue weighted by molar-refractivity contribution is 0.252. The fraction of sp³-hybridized carbons (Fsp3) is 0.533. The van der Waals surface area contributed by atoms with Crippen molar-refractivity contribution in [2.75, 3.05) is 44.7 Å². The molecule has 0 spiro atoms. The number of para-hydroxylation sites is 2. The number of anilines is 1. The molecule has 0 aliphatic carbocycles. The van der Waals surface area contributed by atoms with Gasteiger partial charge in [-0.05, 0) is 18.6 Å². The van der Waals surface area contributed by atoms with Crippen molar-refractivity contribution in [3.8, 4) is 11.8 Å². The van der Waals surface area contributed by atoms with Crippen LogP contribution in [0.25, 0.3) is 0 Å². The number of hydrogen-bond donors (Lipinski definition) is 1. The molecule has 1 fully saturated rings. The fourth-order valence-electron chi connectivity index (χ4n) is 2.49. The van der Waals surface area contributed by atoms with Crippen LogP contribution in [0, 0.1) is 11.3 Å². The van der Waals surface area contributed by atoms with E-state index in [0.717, 1.165) is 50.6 Å². The van der Waals surface area contributed by atoms with Gasteiger partial charge < -0.3 is 15.4 Å². The summed E-state index contributed by atoms with van der Waals surface area (Å²) < 4.78 is 5.41. The second-order valence-electron chi connectivity index (χ2n) is 5.02. The Morgan fingerprint density at radius 1 is 1.30 bits per heavy atom. The van der Waals surface area contributed by atoms with Crippen LogP contribution in [0.4, 0.5) is 5.69 Å². The van der Waals surface area contributed by atoms with Crippen LogP contribution in [0.5, 0.6) is 5.75 Å². The molecule has 5 heteroatoms. The van der Waals surface area contributed by atoms with E-state index < -0.39 is 0 Å². The molecule has 1 aliphatic heterocycles. The zero-order valence-corrected chi connectivity index (χ0v) is 12.0. The lowest BCUT2D eigenvalue weighted by Crippen LogP contribution is -2.47. The molecule has 1 unspecified atom stereocenters. The maximum absolute atomic E-state index is 8.70. The predicted octanol–water partition coefficient (Wildman–Crippen LogP) is 1.06. The zero-order chi connectivity index (χ0) is 14.4. The van der Waals surface area contributed by atoms with Crippen LogP contribution in [-0.4, -0.2) is 50.8 Å². The van der Waals surface area contributed by atoms with E-state index >= 15 is 0 Å². The Balaban J connectivity index is 1.86. The summed E-state index contributed by atoms with van der Waals surface area (Å²) in [6.45, 7) is 4.84. The van der Waals surface area contributed by atoms with E-state index in [0.29, 0.717) is 0 Å². The minimum absolute atomic E-state index is 0.345. The van der Waals surface area contributed by atoms with Crippen LogP contribution in [0.1, 0.15) is 6.42 Å². The monoisotopic (exact) mass is 274 g/mol. The minimum atomic E-state index is -0.345. The number of ether oxygens (including phenoxy) is 1. The molecule has 5 nitrogen and oxygen atoms in total. The average molecular weight is 274 g/mol. The zero-order valence-electron chi connectivity index (χ0n) is 12.0. The van der Waals surface area contributed by atoms with E-state index in [4.69, 9.17) is 15.7 Å². The topological polar surface area (TPSA) is 65.5 Å². The van der Waals surface area contributed by atoms with Crippen LogP contribution in [-0.2, 0) is 0 Å². The predicted molar refractivity (Wildman–Crippen MR) is 79.9 cm³/mol. The van der Waals surface area contributed by atoms with Gasteiger partial charge in [0.2, 0.25) is 0 Å². The van der Waals surface area contributed by atoms with Gasteiger partial charge in [0.1, 0.15) is 5.75 Å². The molecule has 0 aromatic heterocycles. The first kappa shape index (κ1) is 14.6. The third kappa shape index (κ3) is 3.62. The summed E-state index contributed by atoms with van der Waals surface area (Å²) in [5.74, 6) is 0.924.